The summed E-state index contributed by atoms with van der Waals surface area (Å²) in [6, 6.07) is 24.2. The number of fused-ring (bicyclic) bond motifs is 12. The predicted molar refractivity (Wildman–Crippen MR) is 221 cm³/mol. The van der Waals surface area contributed by atoms with Crippen LogP contribution in [0.25, 0.3) is 21.5 Å². The van der Waals surface area contributed by atoms with E-state index in [0.29, 0.717) is 11.8 Å². The summed E-state index contributed by atoms with van der Waals surface area (Å²) in [4.78, 5) is 8.39. The second-order valence-electron chi connectivity index (χ2n) is 19.0. The third-order valence-electron chi connectivity index (χ3n) is 12.6. The van der Waals surface area contributed by atoms with Crippen LogP contribution in [0.2, 0.25) is 0 Å². The topological polar surface area (TPSA) is 21.6 Å². The van der Waals surface area contributed by atoms with Crippen molar-refractivity contribution >= 4 is 39.8 Å². The molecule has 0 saturated carbocycles. The Hall–Kier alpha value is -4.05. The van der Waals surface area contributed by atoms with Gasteiger partial charge < -0.3 is 0 Å². The van der Waals surface area contributed by atoms with Crippen molar-refractivity contribution in [1.29, 1.82) is 0 Å². The molecule has 1 aliphatic carbocycles. The maximum absolute atomic E-state index is 5.72. The number of rotatable bonds is 5. The Morgan fingerprint density at radius 2 is 1.56 bits per heavy atom. The molecule has 0 saturated heterocycles. The highest BCUT2D eigenvalue weighted by atomic mass is 15.5. The second-order valence-corrected chi connectivity index (χ2v) is 19.0. The fourth-order valence-corrected chi connectivity index (χ4v) is 10.4. The van der Waals surface area contributed by atoms with Crippen LogP contribution in [0.1, 0.15) is 129 Å². The van der Waals surface area contributed by atoms with Gasteiger partial charge in [-0.25, -0.2) is 0 Å². The Morgan fingerprint density at radius 1 is 0.846 bits per heavy atom. The van der Waals surface area contributed by atoms with Gasteiger partial charge in [0, 0.05) is 28.8 Å². The first-order chi connectivity index (χ1) is 24.5. The van der Waals surface area contributed by atoms with Crippen molar-refractivity contribution in [2.24, 2.45) is 16.8 Å². The van der Waals surface area contributed by atoms with E-state index in [-0.39, 0.29) is 34.9 Å². The van der Waals surface area contributed by atoms with E-state index in [9.17, 15) is 0 Å². The van der Waals surface area contributed by atoms with Gasteiger partial charge in [-0.2, -0.15) is 4.58 Å². The average molecular weight is 693 g/mol. The fourth-order valence-electron chi connectivity index (χ4n) is 10.4. The van der Waals surface area contributed by atoms with Gasteiger partial charge in [-0.15, -0.1) is 4.58 Å². The van der Waals surface area contributed by atoms with Gasteiger partial charge in [0.25, 0.3) is 6.34 Å². The molecule has 0 radical (unpaired) electrons. The van der Waals surface area contributed by atoms with Crippen LogP contribution in [0, 0.1) is 11.8 Å². The van der Waals surface area contributed by atoms with Crippen LogP contribution >= 0.6 is 0 Å². The van der Waals surface area contributed by atoms with Gasteiger partial charge in [-0.1, -0.05) is 122 Å². The van der Waals surface area contributed by atoms with Crippen molar-refractivity contribution < 1.29 is 9.15 Å². The van der Waals surface area contributed by atoms with Gasteiger partial charge in [0.05, 0.1) is 5.92 Å². The maximum atomic E-state index is 5.72. The van der Waals surface area contributed by atoms with E-state index in [4.69, 9.17) is 4.99 Å². The zero-order valence-corrected chi connectivity index (χ0v) is 34.0. The molecule has 0 amide bonds. The first kappa shape index (κ1) is 35.0. The molecule has 4 nitrogen and oxygen atoms in total. The smallest absolute Gasteiger partial charge is 0.273 e. The van der Waals surface area contributed by atoms with Gasteiger partial charge in [0.1, 0.15) is 11.3 Å². The molecule has 3 aliphatic heterocycles. The Morgan fingerprint density at radius 3 is 2.19 bits per heavy atom. The third kappa shape index (κ3) is 4.67. The molecule has 0 aromatic heterocycles. The molecular formula is C48H60N4+2. The van der Waals surface area contributed by atoms with Crippen LogP contribution in [0.15, 0.2) is 77.4 Å². The number of hydrogen-bond acceptors (Lipinski definition) is 2. The fraction of sp³-hybridized carbons (Fsp3) is 0.479. The van der Waals surface area contributed by atoms with Gasteiger partial charge in [0.2, 0.25) is 0 Å². The number of benzene rings is 4. The van der Waals surface area contributed by atoms with E-state index in [2.05, 4.69) is 183 Å². The first-order valence-corrected chi connectivity index (χ1v) is 20.0. The van der Waals surface area contributed by atoms with Crippen molar-refractivity contribution in [3.05, 3.63) is 106 Å². The Kier molecular flexibility index (Phi) is 7.89. The van der Waals surface area contributed by atoms with Crippen LogP contribution in [0.3, 0.4) is 0 Å². The number of aliphatic imine (C=N–C) groups is 1. The third-order valence-corrected chi connectivity index (χ3v) is 12.6. The monoisotopic (exact) mass is 692 g/mol. The lowest BCUT2D eigenvalue weighted by molar-refractivity contribution is -0.837. The minimum atomic E-state index is -0.623. The quantitative estimate of drug-likeness (QED) is 0.191. The molecule has 0 fully saturated rings. The zero-order valence-electron chi connectivity index (χ0n) is 34.0. The molecule has 1 spiro atoms. The first-order valence-electron chi connectivity index (χ1n) is 20.0. The van der Waals surface area contributed by atoms with Crippen molar-refractivity contribution in [1.82, 2.24) is 4.90 Å². The number of hydrogen-bond donors (Lipinski definition) is 0. The van der Waals surface area contributed by atoms with Crippen molar-refractivity contribution in [3.63, 3.8) is 0 Å². The number of nitrogens with zero attached hydrogens (tertiary/aromatic N) is 4. The van der Waals surface area contributed by atoms with E-state index in [1.54, 1.807) is 0 Å². The van der Waals surface area contributed by atoms with E-state index in [0.717, 1.165) is 6.42 Å². The van der Waals surface area contributed by atoms with Gasteiger partial charge in [0.15, 0.2) is 18.3 Å². The predicted octanol–water partition coefficient (Wildman–Crippen LogP) is 10.7. The number of allylic oxidation sites excluding steroid dienone is 1. The van der Waals surface area contributed by atoms with Crippen molar-refractivity contribution in [2.75, 3.05) is 0 Å². The lowest BCUT2D eigenvalue weighted by Crippen LogP contribution is -2.64. The molecule has 270 valence electrons. The molecule has 3 unspecified atom stereocenters. The molecule has 4 aromatic carbocycles. The molecular weight excluding hydrogens is 633 g/mol. The van der Waals surface area contributed by atoms with Gasteiger partial charge in [-0.05, 0) is 101 Å². The lowest BCUT2D eigenvalue weighted by atomic mass is 9.76. The summed E-state index contributed by atoms with van der Waals surface area (Å²) in [5, 5.41) is 5.51. The van der Waals surface area contributed by atoms with Crippen LogP contribution in [0.5, 0.6) is 0 Å². The molecule has 0 bridgehead atoms. The molecule has 8 rings (SSSR count). The Bertz CT molecular complexity index is 2270. The molecule has 4 aromatic rings. The maximum Gasteiger partial charge on any atom is 0.417 e. The molecule has 52 heavy (non-hydrogen) atoms. The molecule has 0 N–H and O–H groups in total. The normalized spacial score (nSPS) is 23.4. The van der Waals surface area contributed by atoms with E-state index < -0.39 is 5.79 Å². The highest BCUT2D eigenvalue weighted by Gasteiger charge is 2.69. The summed E-state index contributed by atoms with van der Waals surface area (Å²) in [5.41, 5.74) is 11.2. The van der Waals surface area contributed by atoms with Crippen LogP contribution in [-0.2, 0) is 23.0 Å². The summed E-state index contributed by atoms with van der Waals surface area (Å²) < 4.78 is 5.31. The SMILES string of the molecule is CC(C)Cc1cccc2ccc3c(c12)C(C)(C)C1N=C[N+]2=C(c4cc(C(C)(C)C)c5ccccc5c4C24N(C(C)C)C=C(C(C)C)C=[N+]4C(C)C)C31. The summed E-state index contributed by atoms with van der Waals surface area (Å²) in [6.07, 6.45) is 8.29. The van der Waals surface area contributed by atoms with Gasteiger partial charge >= 0.3 is 5.79 Å². The van der Waals surface area contributed by atoms with E-state index >= 15 is 0 Å². The van der Waals surface area contributed by atoms with E-state index in [1.807, 2.05) is 0 Å². The van der Waals surface area contributed by atoms with E-state index in [1.165, 1.54) is 66.2 Å². The average Bonchev–Trinajstić information content (AvgIpc) is 3.49. The van der Waals surface area contributed by atoms with Crippen molar-refractivity contribution in [3.8, 4) is 0 Å². The molecule has 4 aliphatic rings. The Balaban J connectivity index is 1.55. The van der Waals surface area contributed by atoms with Crippen molar-refractivity contribution in [2.45, 2.75) is 137 Å². The highest BCUT2D eigenvalue weighted by molar-refractivity contribution is 6.13. The lowest BCUT2D eigenvalue weighted by Gasteiger charge is -2.43. The van der Waals surface area contributed by atoms with Gasteiger partial charge in [-0.3, -0.25) is 4.90 Å². The minimum Gasteiger partial charge on any atom is -0.273 e. The second kappa shape index (κ2) is 11.7. The van der Waals surface area contributed by atoms with Crippen LogP contribution in [0.4, 0.5) is 0 Å². The zero-order chi connectivity index (χ0) is 37.2. The Labute approximate surface area is 312 Å². The largest absolute Gasteiger partial charge is 0.417 e. The molecule has 4 heteroatoms. The summed E-state index contributed by atoms with van der Waals surface area (Å²) in [6.45, 7) is 30.9. The van der Waals surface area contributed by atoms with Crippen LogP contribution < -0.4 is 0 Å². The standard InChI is InChI=1S/C48H60N4/c1-28(2)23-33-18-16-17-32-21-22-37-41-44-38-24-39(46(9,10)11)35-19-14-15-20-36(35)42(38)48(52(44)27-49-45(41)47(12,13)43(37)40(32)33)50(30(5)6)25-34(29(3)4)26-51(48)31(7)8/h14-22,24-31,41,45H,23H2,1-13H3/q+2. The molecule has 3 atom stereocenters. The minimum absolute atomic E-state index is 0.0361. The molecule has 3 heterocycles. The summed E-state index contributed by atoms with van der Waals surface area (Å²) >= 11 is 0. The van der Waals surface area contributed by atoms with Crippen LogP contribution in [-0.4, -0.2) is 50.4 Å². The highest BCUT2D eigenvalue weighted by Crippen LogP contribution is 2.57. The summed E-state index contributed by atoms with van der Waals surface area (Å²) in [5.74, 6) is 0.483. The summed E-state index contributed by atoms with van der Waals surface area (Å²) in [7, 11) is 0.